The fourth-order valence-corrected chi connectivity index (χ4v) is 3.17. The van der Waals surface area contributed by atoms with Crippen LogP contribution in [0.4, 0.5) is 5.69 Å². The summed E-state index contributed by atoms with van der Waals surface area (Å²) in [5, 5.41) is 15.7. The lowest BCUT2D eigenvalue weighted by molar-refractivity contribution is -0.117. The molecule has 1 amide bonds. The maximum atomic E-state index is 12.2. The number of sulfonamides is 1. The van der Waals surface area contributed by atoms with Crippen molar-refractivity contribution in [2.24, 2.45) is 0 Å². The van der Waals surface area contributed by atoms with Crippen LogP contribution < -0.4 is 10.9 Å². The first-order valence-corrected chi connectivity index (χ1v) is 9.32. The van der Waals surface area contributed by atoms with Crippen LogP contribution >= 0.6 is 0 Å². The summed E-state index contributed by atoms with van der Waals surface area (Å²) in [5.74, 6) is -0.528. The number of hydrogen-bond donors (Lipinski definition) is 1. The number of carbonyl (C=O) groups is 1. The van der Waals surface area contributed by atoms with Crippen molar-refractivity contribution in [3.05, 3.63) is 51.4 Å². The quantitative estimate of drug-likeness (QED) is 0.799. The van der Waals surface area contributed by atoms with Crippen molar-refractivity contribution in [3.63, 3.8) is 0 Å². The van der Waals surface area contributed by atoms with E-state index < -0.39 is 21.5 Å². The topological polar surface area (TPSA) is 125 Å². The summed E-state index contributed by atoms with van der Waals surface area (Å²) in [6.45, 7) is 2.90. The van der Waals surface area contributed by atoms with Crippen LogP contribution in [0.2, 0.25) is 0 Å². The van der Waals surface area contributed by atoms with Crippen molar-refractivity contribution >= 4 is 21.6 Å². The van der Waals surface area contributed by atoms with Gasteiger partial charge < -0.3 is 5.32 Å². The van der Waals surface area contributed by atoms with Gasteiger partial charge in [-0.3, -0.25) is 9.59 Å². The normalized spacial score (nSPS) is 11.3. The number of nitrogens with one attached hydrogen (secondary N) is 1. The van der Waals surface area contributed by atoms with Gasteiger partial charge in [0.05, 0.1) is 10.6 Å². The first kappa shape index (κ1) is 20.3. The molecule has 0 bridgehead atoms. The predicted octanol–water partition coefficient (Wildman–Crippen LogP) is 0.621. The number of aromatic nitrogens is 2. The zero-order valence-corrected chi connectivity index (χ0v) is 16.2. The minimum absolute atomic E-state index is 0.0476. The van der Waals surface area contributed by atoms with Crippen molar-refractivity contribution in [1.82, 2.24) is 14.1 Å². The number of anilines is 1. The molecule has 0 aliphatic carbocycles. The van der Waals surface area contributed by atoms with Crippen molar-refractivity contribution in [3.8, 4) is 6.07 Å². The molecule has 2 aromatic rings. The number of carbonyl (C=O) groups excluding carboxylic acids is 1. The molecule has 0 aliphatic rings. The van der Waals surface area contributed by atoms with E-state index >= 15 is 0 Å². The minimum Gasteiger partial charge on any atom is -0.324 e. The Kier molecular flexibility index (Phi) is 5.78. The van der Waals surface area contributed by atoms with E-state index in [1.807, 2.05) is 6.07 Å². The molecular weight excluding hydrogens is 370 g/mol. The molecule has 1 heterocycles. The molecule has 1 aromatic carbocycles. The maximum Gasteiger partial charge on any atom is 0.285 e. The highest BCUT2D eigenvalue weighted by molar-refractivity contribution is 7.89. The first-order chi connectivity index (χ1) is 12.6. The number of aryl methyl sites for hydroxylation is 1. The minimum atomic E-state index is -3.56. The molecule has 0 saturated heterocycles. The van der Waals surface area contributed by atoms with Gasteiger partial charge in [0, 0.05) is 19.8 Å². The number of nitrogens with zero attached hydrogens (tertiary/aromatic N) is 4. The van der Waals surface area contributed by atoms with E-state index in [1.165, 1.54) is 38.4 Å². The van der Waals surface area contributed by atoms with E-state index in [-0.39, 0.29) is 17.0 Å². The molecule has 0 spiro atoms. The van der Waals surface area contributed by atoms with Gasteiger partial charge in [-0.2, -0.15) is 10.4 Å². The standard InChI is InChI=1S/C17H19N5O4S/c1-11-12(2)20-22(17(24)15(11)9-18)10-16(23)19-13-5-7-14(8-6-13)27(25,26)21(3)4/h5-8H,10H2,1-4H3,(H,19,23). The Balaban J connectivity index is 2.19. The Morgan fingerprint density at radius 2 is 1.85 bits per heavy atom. The summed E-state index contributed by atoms with van der Waals surface area (Å²) in [6.07, 6.45) is 0. The highest BCUT2D eigenvalue weighted by atomic mass is 32.2. The van der Waals surface area contributed by atoms with Gasteiger partial charge in [0.2, 0.25) is 15.9 Å². The van der Waals surface area contributed by atoms with E-state index in [0.717, 1.165) is 8.99 Å². The van der Waals surface area contributed by atoms with Crippen LogP contribution in [0.5, 0.6) is 0 Å². The van der Waals surface area contributed by atoms with Crippen LogP contribution in [0.15, 0.2) is 34.0 Å². The second kappa shape index (κ2) is 7.69. The molecule has 0 unspecified atom stereocenters. The molecule has 27 heavy (non-hydrogen) atoms. The van der Waals surface area contributed by atoms with Crippen LogP contribution in [-0.4, -0.2) is 42.5 Å². The van der Waals surface area contributed by atoms with Gasteiger partial charge in [0.25, 0.3) is 5.56 Å². The molecular formula is C17H19N5O4S. The lowest BCUT2D eigenvalue weighted by atomic mass is 10.1. The number of amides is 1. The van der Waals surface area contributed by atoms with E-state index in [1.54, 1.807) is 13.8 Å². The Morgan fingerprint density at radius 1 is 1.26 bits per heavy atom. The Labute approximate surface area is 156 Å². The molecule has 142 valence electrons. The summed E-state index contributed by atoms with van der Waals surface area (Å²) in [7, 11) is -0.707. The van der Waals surface area contributed by atoms with Gasteiger partial charge in [-0.05, 0) is 43.7 Å². The summed E-state index contributed by atoms with van der Waals surface area (Å²) >= 11 is 0. The Hall–Kier alpha value is -3.03. The summed E-state index contributed by atoms with van der Waals surface area (Å²) < 4.78 is 26.1. The van der Waals surface area contributed by atoms with Crippen molar-refractivity contribution in [1.29, 1.82) is 5.26 Å². The second-order valence-corrected chi connectivity index (χ2v) is 8.17. The summed E-state index contributed by atoms with van der Waals surface area (Å²) in [4.78, 5) is 24.5. The molecule has 0 radical (unpaired) electrons. The fraction of sp³-hybridized carbons (Fsp3) is 0.294. The summed E-state index contributed by atoms with van der Waals surface area (Å²) in [5.41, 5.74) is 0.654. The average molecular weight is 389 g/mol. The summed E-state index contributed by atoms with van der Waals surface area (Å²) in [6, 6.07) is 7.48. The third-order valence-corrected chi connectivity index (χ3v) is 5.79. The van der Waals surface area contributed by atoms with Crippen molar-refractivity contribution in [2.75, 3.05) is 19.4 Å². The maximum absolute atomic E-state index is 12.2. The SMILES string of the molecule is Cc1nn(CC(=O)Nc2ccc(S(=O)(=O)N(C)C)cc2)c(=O)c(C#N)c1C. The average Bonchev–Trinajstić information content (AvgIpc) is 2.60. The monoisotopic (exact) mass is 389 g/mol. The number of rotatable bonds is 5. The smallest absolute Gasteiger partial charge is 0.285 e. The second-order valence-electron chi connectivity index (χ2n) is 6.02. The lowest BCUT2D eigenvalue weighted by Gasteiger charge is -2.12. The van der Waals surface area contributed by atoms with Crippen LogP contribution in [-0.2, 0) is 21.4 Å². The van der Waals surface area contributed by atoms with Gasteiger partial charge in [-0.25, -0.2) is 17.4 Å². The van der Waals surface area contributed by atoms with Crippen LogP contribution in [0.25, 0.3) is 0 Å². The van der Waals surface area contributed by atoms with Crippen LogP contribution in [0, 0.1) is 25.2 Å². The molecule has 0 saturated carbocycles. The van der Waals surface area contributed by atoms with Crippen LogP contribution in [0.3, 0.4) is 0 Å². The zero-order chi connectivity index (χ0) is 20.4. The van der Waals surface area contributed by atoms with Crippen LogP contribution in [0.1, 0.15) is 16.8 Å². The van der Waals surface area contributed by atoms with E-state index in [0.29, 0.717) is 16.9 Å². The highest BCUT2D eigenvalue weighted by Crippen LogP contribution is 2.16. The molecule has 2 rings (SSSR count). The van der Waals surface area contributed by atoms with Gasteiger partial charge >= 0.3 is 0 Å². The number of benzene rings is 1. The third-order valence-electron chi connectivity index (χ3n) is 3.96. The Bertz CT molecular complexity index is 1080. The molecule has 0 aliphatic heterocycles. The van der Waals surface area contributed by atoms with E-state index in [4.69, 9.17) is 5.26 Å². The predicted molar refractivity (Wildman–Crippen MR) is 98.6 cm³/mol. The lowest BCUT2D eigenvalue weighted by Crippen LogP contribution is -2.32. The fourth-order valence-electron chi connectivity index (χ4n) is 2.27. The molecule has 1 aromatic heterocycles. The van der Waals surface area contributed by atoms with Crippen molar-refractivity contribution in [2.45, 2.75) is 25.3 Å². The van der Waals surface area contributed by atoms with Gasteiger partial charge in [0.1, 0.15) is 18.2 Å². The highest BCUT2D eigenvalue weighted by Gasteiger charge is 2.17. The number of hydrogen-bond acceptors (Lipinski definition) is 6. The zero-order valence-electron chi connectivity index (χ0n) is 15.3. The molecule has 0 fully saturated rings. The van der Waals surface area contributed by atoms with Gasteiger partial charge in [0.15, 0.2) is 0 Å². The molecule has 1 N–H and O–H groups in total. The van der Waals surface area contributed by atoms with Gasteiger partial charge in [-0.1, -0.05) is 0 Å². The molecule has 9 nitrogen and oxygen atoms in total. The first-order valence-electron chi connectivity index (χ1n) is 7.88. The van der Waals surface area contributed by atoms with Gasteiger partial charge in [-0.15, -0.1) is 0 Å². The molecule has 0 atom stereocenters. The third kappa shape index (κ3) is 4.21. The molecule has 10 heteroatoms. The number of nitriles is 1. The Morgan fingerprint density at radius 3 is 2.37 bits per heavy atom. The largest absolute Gasteiger partial charge is 0.324 e. The van der Waals surface area contributed by atoms with Crippen molar-refractivity contribution < 1.29 is 13.2 Å². The van der Waals surface area contributed by atoms with E-state index in [9.17, 15) is 18.0 Å². The van der Waals surface area contributed by atoms with E-state index in [2.05, 4.69) is 10.4 Å².